The summed E-state index contributed by atoms with van der Waals surface area (Å²) in [7, 11) is 0. The first-order valence-electron chi connectivity index (χ1n) is 6.91. The van der Waals surface area contributed by atoms with Gasteiger partial charge in [-0.2, -0.15) is 0 Å². The molecule has 1 N–H and O–H groups in total. The Bertz CT molecular complexity index is 201. The van der Waals surface area contributed by atoms with Gasteiger partial charge in [-0.15, -0.1) is 0 Å². The third-order valence-corrected chi connectivity index (χ3v) is 4.62. The molecular formula is C14H27N. The predicted octanol–water partition coefficient (Wildman–Crippen LogP) is 3.59. The minimum absolute atomic E-state index is 0.681. The fraction of sp³-hybridized carbons (Fsp3) is 1.00. The first kappa shape index (κ1) is 11.4. The lowest BCUT2D eigenvalue weighted by molar-refractivity contribution is 0.303. The van der Waals surface area contributed by atoms with Crippen molar-refractivity contribution >= 4 is 0 Å². The standard InChI is InChI=1S/C14H27N/c1-4-5-13(12-6-7-12)15-10-14(8-9-14)11(2)3/h11-13,15H,4-10H2,1-3H3. The molecule has 0 aromatic carbocycles. The van der Waals surface area contributed by atoms with E-state index < -0.39 is 0 Å². The molecule has 0 heterocycles. The fourth-order valence-corrected chi connectivity index (χ4v) is 2.77. The molecule has 1 heteroatoms. The van der Waals surface area contributed by atoms with Crippen LogP contribution in [0.15, 0.2) is 0 Å². The Labute approximate surface area is 95.0 Å². The van der Waals surface area contributed by atoms with E-state index in [2.05, 4.69) is 26.1 Å². The molecule has 0 spiro atoms. The van der Waals surface area contributed by atoms with Crippen LogP contribution in [0.1, 0.15) is 59.3 Å². The van der Waals surface area contributed by atoms with Crippen LogP contribution in [-0.4, -0.2) is 12.6 Å². The van der Waals surface area contributed by atoms with E-state index in [-0.39, 0.29) is 0 Å². The molecule has 0 aliphatic heterocycles. The number of nitrogens with one attached hydrogen (secondary N) is 1. The Morgan fingerprint density at radius 3 is 2.33 bits per heavy atom. The van der Waals surface area contributed by atoms with Crippen molar-refractivity contribution in [1.29, 1.82) is 0 Å². The van der Waals surface area contributed by atoms with E-state index in [9.17, 15) is 0 Å². The van der Waals surface area contributed by atoms with E-state index in [1.54, 1.807) is 0 Å². The zero-order chi connectivity index (χ0) is 10.9. The lowest BCUT2D eigenvalue weighted by Gasteiger charge is -2.25. The summed E-state index contributed by atoms with van der Waals surface area (Å²) in [6.07, 6.45) is 8.60. The van der Waals surface area contributed by atoms with Gasteiger partial charge < -0.3 is 5.32 Å². The maximum Gasteiger partial charge on any atom is 0.00954 e. The number of hydrogen-bond donors (Lipinski definition) is 1. The molecule has 15 heavy (non-hydrogen) atoms. The highest BCUT2D eigenvalue weighted by Gasteiger charge is 2.45. The van der Waals surface area contributed by atoms with E-state index >= 15 is 0 Å². The topological polar surface area (TPSA) is 12.0 Å². The van der Waals surface area contributed by atoms with Gasteiger partial charge in [-0.05, 0) is 49.4 Å². The highest BCUT2D eigenvalue weighted by Crippen LogP contribution is 2.51. The Morgan fingerprint density at radius 1 is 1.27 bits per heavy atom. The van der Waals surface area contributed by atoms with E-state index in [4.69, 9.17) is 0 Å². The van der Waals surface area contributed by atoms with Crippen molar-refractivity contribution in [1.82, 2.24) is 5.32 Å². The number of hydrogen-bond acceptors (Lipinski definition) is 1. The van der Waals surface area contributed by atoms with Gasteiger partial charge in [0.15, 0.2) is 0 Å². The molecule has 88 valence electrons. The molecule has 2 aliphatic rings. The van der Waals surface area contributed by atoms with Gasteiger partial charge in [0.1, 0.15) is 0 Å². The third-order valence-electron chi connectivity index (χ3n) is 4.62. The molecule has 2 fully saturated rings. The van der Waals surface area contributed by atoms with Gasteiger partial charge in [0.25, 0.3) is 0 Å². The molecule has 0 radical (unpaired) electrons. The summed E-state index contributed by atoms with van der Waals surface area (Å²) < 4.78 is 0. The monoisotopic (exact) mass is 209 g/mol. The largest absolute Gasteiger partial charge is 0.313 e. The molecule has 1 unspecified atom stereocenters. The van der Waals surface area contributed by atoms with Crippen LogP contribution in [0, 0.1) is 17.3 Å². The summed E-state index contributed by atoms with van der Waals surface area (Å²) in [5, 5.41) is 3.87. The van der Waals surface area contributed by atoms with Gasteiger partial charge in [0, 0.05) is 12.6 Å². The van der Waals surface area contributed by atoms with Crippen molar-refractivity contribution in [2.24, 2.45) is 17.3 Å². The lowest BCUT2D eigenvalue weighted by atomic mass is 9.91. The quantitative estimate of drug-likeness (QED) is 0.675. The Balaban J connectivity index is 1.75. The van der Waals surface area contributed by atoms with Gasteiger partial charge in [-0.25, -0.2) is 0 Å². The highest BCUT2D eigenvalue weighted by molar-refractivity contribution is 4.98. The second-order valence-corrected chi connectivity index (χ2v) is 6.13. The SMILES string of the molecule is CCCC(NCC1(C(C)C)CC1)C1CC1. The van der Waals surface area contributed by atoms with Crippen molar-refractivity contribution < 1.29 is 0 Å². The summed E-state index contributed by atoms with van der Waals surface area (Å²) in [6, 6.07) is 0.839. The first-order chi connectivity index (χ1) is 7.18. The normalized spacial score (nSPS) is 25.6. The van der Waals surface area contributed by atoms with Crippen LogP contribution in [0.3, 0.4) is 0 Å². The third kappa shape index (κ3) is 2.75. The second-order valence-electron chi connectivity index (χ2n) is 6.13. The fourth-order valence-electron chi connectivity index (χ4n) is 2.77. The molecule has 0 saturated heterocycles. The number of rotatable bonds is 7. The average molecular weight is 209 g/mol. The van der Waals surface area contributed by atoms with Crippen molar-refractivity contribution in [2.75, 3.05) is 6.54 Å². The van der Waals surface area contributed by atoms with E-state index in [1.165, 1.54) is 45.1 Å². The molecule has 0 bridgehead atoms. The Hall–Kier alpha value is -0.0400. The molecule has 2 saturated carbocycles. The average Bonchev–Trinajstić information content (AvgIpc) is 3.03. The minimum atomic E-state index is 0.681. The minimum Gasteiger partial charge on any atom is -0.313 e. The van der Waals surface area contributed by atoms with Crippen molar-refractivity contribution in [3.8, 4) is 0 Å². The molecule has 1 nitrogen and oxygen atoms in total. The Kier molecular flexibility index (Phi) is 3.39. The maximum atomic E-state index is 3.87. The molecule has 2 rings (SSSR count). The van der Waals surface area contributed by atoms with Crippen molar-refractivity contribution in [2.45, 2.75) is 65.3 Å². The maximum absolute atomic E-state index is 3.87. The van der Waals surface area contributed by atoms with Crippen molar-refractivity contribution in [3.63, 3.8) is 0 Å². The molecule has 1 atom stereocenters. The van der Waals surface area contributed by atoms with Gasteiger partial charge in [0.2, 0.25) is 0 Å². The Morgan fingerprint density at radius 2 is 1.93 bits per heavy atom. The first-order valence-corrected chi connectivity index (χ1v) is 6.91. The van der Waals surface area contributed by atoms with Crippen LogP contribution in [0.2, 0.25) is 0 Å². The van der Waals surface area contributed by atoms with Gasteiger partial charge in [-0.1, -0.05) is 27.2 Å². The van der Waals surface area contributed by atoms with Gasteiger partial charge >= 0.3 is 0 Å². The second kappa shape index (κ2) is 4.45. The molecular weight excluding hydrogens is 182 g/mol. The van der Waals surface area contributed by atoms with Crippen LogP contribution < -0.4 is 5.32 Å². The summed E-state index contributed by atoms with van der Waals surface area (Å²) >= 11 is 0. The molecule has 0 aromatic rings. The van der Waals surface area contributed by atoms with Crippen LogP contribution in [0.25, 0.3) is 0 Å². The summed E-state index contributed by atoms with van der Waals surface area (Å²) in [5.41, 5.74) is 0.681. The lowest BCUT2D eigenvalue weighted by Crippen LogP contribution is -2.37. The molecule has 0 aromatic heterocycles. The van der Waals surface area contributed by atoms with E-state index in [0.29, 0.717) is 5.41 Å². The summed E-state index contributed by atoms with van der Waals surface area (Å²) in [4.78, 5) is 0. The zero-order valence-corrected chi connectivity index (χ0v) is 10.7. The summed E-state index contributed by atoms with van der Waals surface area (Å²) in [5.74, 6) is 1.89. The highest BCUT2D eigenvalue weighted by atomic mass is 15.0. The van der Waals surface area contributed by atoms with Gasteiger partial charge in [0.05, 0.1) is 0 Å². The van der Waals surface area contributed by atoms with E-state index in [1.807, 2.05) is 0 Å². The van der Waals surface area contributed by atoms with Crippen LogP contribution in [0.5, 0.6) is 0 Å². The van der Waals surface area contributed by atoms with Crippen LogP contribution >= 0.6 is 0 Å². The van der Waals surface area contributed by atoms with Crippen molar-refractivity contribution in [3.05, 3.63) is 0 Å². The predicted molar refractivity (Wildman–Crippen MR) is 65.9 cm³/mol. The summed E-state index contributed by atoms with van der Waals surface area (Å²) in [6.45, 7) is 8.37. The molecule has 0 amide bonds. The van der Waals surface area contributed by atoms with E-state index in [0.717, 1.165) is 17.9 Å². The van der Waals surface area contributed by atoms with Gasteiger partial charge in [-0.3, -0.25) is 0 Å². The molecule has 2 aliphatic carbocycles. The van der Waals surface area contributed by atoms with Crippen LogP contribution in [0.4, 0.5) is 0 Å². The smallest absolute Gasteiger partial charge is 0.00954 e. The zero-order valence-electron chi connectivity index (χ0n) is 10.7. The van der Waals surface area contributed by atoms with Crippen LogP contribution in [-0.2, 0) is 0 Å².